The highest BCUT2D eigenvalue weighted by atomic mass is 32.1. The molecule has 1 aliphatic heterocycles. The summed E-state index contributed by atoms with van der Waals surface area (Å²) in [5.74, 6) is 1.54. The Morgan fingerprint density at radius 2 is 1.75 bits per heavy atom. The highest BCUT2D eigenvalue weighted by Crippen LogP contribution is 2.33. The lowest BCUT2D eigenvalue weighted by Gasteiger charge is -2.35. The van der Waals surface area contributed by atoms with Gasteiger partial charge in [-0.25, -0.2) is 4.98 Å². The van der Waals surface area contributed by atoms with E-state index in [0.717, 1.165) is 29.4 Å². The second kappa shape index (κ2) is 11.3. The SMILES string of the molecule is CCN(CC)C(=O)CN1CCN(C(=O)Cc2csc(-c3ccc(OC)c(OC)c3)n2)CC1. The first-order valence-corrected chi connectivity index (χ1v) is 11.8. The van der Waals surface area contributed by atoms with Gasteiger partial charge in [-0.2, -0.15) is 0 Å². The molecule has 174 valence electrons. The molecule has 0 unspecified atom stereocenters. The van der Waals surface area contributed by atoms with Gasteiger partial charge in [0, 0.05) is 50.2 Å². The number of thiazole rings is 1. The molecular formula is C23H32N4O4S. The lowest BCUT2D eigenvalue weighted by molar-refractivity contribution is -0.134. The molecule has 2 heterocycles. The summed E-state index contributed by atoms with van der Waals surface area (Å²) in [6.07, 6.45) is 0.280. The predicted molar refractivity (Wildman–Crippen MR) is 125 cm³/mol. The average molecular weight is 461 g/mol. The molecule has 3 rings (SSSR count). The molecule has 2 aromatic rings. The van der Waals surface area contributed by atoms with Gasteiger partial charge in [0.15, 0.2) is 11.5 Å². The van der Waals surface area contributed by atoms with Crippen molar-refractivity contribution < 1.29 is 19.1 Å². The molecule has 1 saturated heterocycles. The molecular weight excluding hydrogens is 428 g/mol. The molecule has 0 atom stereocenters. The minimum absolute atomic E-state index is 0.0730. The van der Waals surface area contributed by atoms with Crippen LogP contribution >= 0.6 is 11.3 Å². The summed E-state index contributed by atoms with van der Waals surface area (Å²) in [7, 11) is 3.21. The maximum atomic E-state index is 12.8. The maximum absolute atomic E-state index is 12.8. The van der Waals surface area contributed by atoms with E-state index in [1.54, 1.807) is 14.2 Å². The zero-order valence-corrected chi connectivity index (χ0v) is 20.1. The van der Waals surface area contributed by atoms with E-state index in [9.17, 15) is 9.59 Å². The summed E-state index contributed by atoms with van der Waals surface area (Å²) in [6, 6.07) is 5.68. The molecule has 0 N–H and O–H groups in total. The second-order valence-electron chi connectivity index (χ2n) is 7.61. The summed E-state index contributed by atoms with van der Waals surface area (Å²) in [6.45, 7) is 8.57. The molecule has 1 aliphatic rings. The molecule has 32 heavy (non-hydrogen) atoms. The monoisotopic (exact) mass is 460 g/mol. The summed E-state index contributed by atoms with van der Waals surface area (Å²) < 4.78 is 10.7. The second-order valence-corrected chi connectivity index (χ2v) is 8.47. The molecule has 0 spiro atoms. The number of likely N-dealkylation sites (N-methyl/N-ethyl adjacent to an activating group) is 1. The van der Waals surface area contributed by atoms with E-state index in [1.807, 2.05) is 47.2 Å². The van der Waals surface area contributed by atoms with Crippen molar-refractivity contribution in [2.24, 2.45) is 0 Å². The first-order valence-electron chi connectivity index (χ1n) is 10.9. The van der Waals surface area contributed by atoms with E-state index in [-0.39, 0.29) is 18.2 Å². The van der Waals surface area contributed by atoms with E-state index in [0.29, 0.717) is 44.2 Å². The Kier molecular flexibility index (Phi) is 8.46. The van der Waals surface area contributed by atoms with Crippen molar-refractivity contribution in [2.45, 2.75) is 20.3 Å². The van der Waals surface area contributed by atoms with Gasteiger partial charge in [0.05, 0.1) is 32.9 Å². The molecule has 0 radical (unpaired) electrons. The molecule has 1 aromatic heterocycles. The lowest BCUT2D eigenvalue weighted by Crippen LogP contribution is -2.51. The molecule has 2 amide bonds. The molecule has 8 nitrogen and oxygen atoms in total. The van der Waals surface area contributed by atoms with E-state index >= 15 is 0 Å². The number of hydrogen-bond donors (Lipinski definition) is 0. The molecule has 1 fully saturated rings. The third kappa shape index (κ3) is 5.77. The fourth-order valence-corrected chi connectivity index (χ4v) is 4.60. The van der Waals surface area contributed by atoms with Crippen molar-refractivity contribution in [3.05, 3.63) is 29.3 Å². The number of amides is 2. The Labute approximate surface area is 193 Å². The quantitative estimate of drug-likeness (QED) is 0.572. The van der Waals surface area contributed by atoms with Crippen molar-refractivity contribution in [3.8, 4) is 22.1 Å². The third-order valence-electron chi connectivity index (χ3n) is 5.71. The van der Waals surface area contributed by atoms with Gasteiger partial charge in [0.25, 0.3) is 0 Å². The average Bonchev–Trinajstić information content (AvgIpc) is 3.28. The van der Waals surface area contributed by atoms with Gasteiger partial charge in [-0.3, -0.25) is 14.5 Å². The zero-order valence-electron chi connectivity index (χ0n) is 19.3. The number of aromatic nitrogens is 1. The molecule has 9 heteroatoms. The summed E-state index contributed by atoms with van der Waals surface area (Å²) in [5, 5.41) is 2.77. The molecule has 0 saturated carbocycles. The number of ether oxygens (including phenoxy) is 2. The maximum Gasteiger partial charge on any atom is 0.236 e. The van der Waals surface area contributed by atoms with E-state index < -0.39 is 0 Å². The van der Waals surface area contributed by atoms with E-state index in [4.69, 9.17) is 9.47 Å². The van der Waals surface area contributed by atoms with Crippen LogP contribution in [0.5, 0.6) is 11.5 Å². The Balaban J connectivity index is 1.53. The fraction of sp³-hybridized carbons (Fsp3) is 0.522. The number of carbonyl (C=O) groups excluding carboxylic acids is 2. The number of benzene rings is 1. The van der Waals surface area contributed by atoms with Crippen LogP contribution in [0.25, 0.3) is 10.6 Å². The van der Waals surface area contributed by atoms with Crippen LogP contribution in [-0.4, -0.2) is 91.5 Å². The van der Waals surface area contributed by atoms with Gasteiger partial charge in [-0.05, 0) is 32.0 Å². The van der Waals surface area contributed by atoms with Gasteiger partial charge in [-0.15, -0.1) is 11.3 Å². The number of carbonyl (C=O) groups is 2. The topological polar surface area (TPSA) is 75.2 Å². The first kappa shape index (κ1) is 24.0. The Bertz CT molecular complexity index is 920. The van der Waals surface area contributed by atoms with Crippen LogP contribution in [0, 0.1) is 0 Å². The fourth-order valence-electron chi connectivity index (χ4n) is 3.78. The summed E-state index contributed by atoms with van der Waals surface area (Å²) in [5.41, 5.74) is 1.70. The number of nitrogens with zero attached hydrogens (tertiary/aromatic N) is 4. The summed E-state index contributed by atoms with van der Waals surface area (Å²) >= 11 is 1.51. The summed E-state index contributed by atoms with van der Waals surface area (Å²) in [4.78, 5) is 35.6. The van der Waals surface area contributed by atoms with Gasteiger partial charge in [0.2, 0.25) is 11.8 Å². The normalized spacial score (nSPS) is 14.3. The molecule has 0 aliphatic carbocycles. The van der Waals surface area contributed by atoms with Crippen LogP contribution in [-0.2, 0) is 16.0 Å². The molecule has 0 bridgehead atoms. The number of piperazine rings is 1. The minimum Gasteiger partial charge on any atom is -0.493 e. The van der Waals surface area contributed by atoms with Crippen LogP contribution in [0.2, 0.25) is 0 Å². The number of rotatable bonds is 9. The van der Waals surface area contributed by atoms with Gasteiger partial charge >= 0.3 is 0 Å². The number of methoxy groups -OCH3 is 2. The Morgan fingerprint density at radius 3 is 2.38 bits per heavy atom. The van der Waals surface area contributed by atoms with E-state index in [2.05, 4.69) is 9.88 Å². The van der Waals surface area contributed by atoms with Crippen molar-refractivity contribution in [1.29, 1.82) is 0 Å². The first-order chi connectivity index (χ1) is 15.5. The van der Waals surface area contributed by atoms with E-state index in [1.165, 1.54) is 11.3 Å². The van der Waals surface area contributed by atoms with Gasteiger partial charge < -0.3 is 19.3 Å². The van der Waals surface area contributed by atoms with Crippen molar-refractivity contribution >= 4 is 23.2 Å². The number of hydrogen-bond acceptors (Lipinski definition) is 7. The van der Waals surface area contributed by atoms with Crippen LogP contribution < -0.4 is 9.47 Å². The lowest BCUT2D eigenvalue weighted by atomic mass is 10.2. The third-order valence-corrected chi connectivity index (χ3v) is 6.65. The van der Waals surface area contributed by atoms with Gasteiger partial charge in [-0.1, -0.05) is 0 Å². The Hall–Kier alpha value is -2.65. The Morgan fingerprint density at radius 1 is 1.06 bits per heavy atom. The molecule has 1 aromatic carbocycles. The predicted octanol–water partition coefficient (Wildman–Crippen LogP) is 2.38. The standard InChI is InChI=1S/C23H32N4O4S/c1-5-26(6-2)22(29)15-25-9-11-27(12-10-25)21(28)14-18-16-32-23(24-18)17-7-8-19(30-3)20(13-17)31-4/h7-8,13,16H,5-6,9-12,14-15H2,1-4H3. The largest absolute Gasteiger partial charge is 0.493 e. The van der Waals surface area contributed by atoms with Crippen molar-refractivity contribution in [3.63, 3.8) is 0 Å². The van der Waals surface area contributed by atoms with Crippen molar-refractivity contribution in [1.82, 2.24) is 19.7 Å². The smallest absolute Gasteiger partial charge is 0.236 e. The van der Waals surface area contributed by atoms with Crippen LogP contribution in [0.3, 0.4) is 0 Å². The van der Waals surface area contributed by atoms with Crippen LogP contribution in [0.15, 0.2) is 23.6 Å². The highest BCUT2D eigenvalue weighted by molar-refractivity contribution is 7.13. The van der Waals surface area contributed by atoms with Crippen molar-refractivity contribution in [2.75, 3.05) is 60.0 Å². The minimum atomic E-state index is 0.0730. The highest BCUT2D eigenvalue weighted by Gasteiger charge is 2.24. The van der Waals surface area contributed by atoms with Gasteiger partial charge in [0.1, 0.15) is 5.01 Å². The zero-order chi connectivity index (χ0) is 23.1. The van der Waals surface area contributed by atoms with Crippen LogP contribution in [0.1, 0.15) is 19.5 Å². The van der Waals surface area contributed by atoms with Crippen LogP contribution in [0.4, 0.5) is 0 Å².